The zero-order chi connectivity index (χ0) is 12.6. The molecule has 1 saturated carbocycles. The van der Waals surface area contributed by atoms with E-state index < -0.39 is 0 Å². The lowest BCUT2D eigenvalue weighted by Gasteiger charge is -2.25. The highest BCUT2D eigenvalue weighted by atomic mass is 15.0. The average molecular weight is 243 g/mol. The first-order chi connectivity index (χ1) is 8.69. The molecule has 2 aromatic rings. The summed E-state index contributed by atoms with van der Waals surface area (Å²) >= 11 is 0. The smallest absolute Gasteiger partial charge is 0.127 e. The van der Waals surface area contributed by atoms with Crippen LogP contribution in [0.3, 0.4) is 0 Å². The van der Waals surface area contributed by atoms with Gasteiger partial charge in [-0.2, -0.15) is 0 Å². The van der Waals surface area contributed by atoms with Gasteiger partial charge in [-0.1, -0.05) is 37.8 Å². The fourth-order valence-electron chi connectivity index (χ4n) is 3.01. The third kappa shape index (κ3) is 1.93. The summed E-state index contributed by atoms with van der Waals surface area (Å²) in [6, 6.07) is 6.25. The Hall–Kier alpha value is -1.35. The molecule has 0 aliphatic heterocycles. The molecular weight excluding hydrogens is 222 g/mol. The van der Waals surface area contributed by atoms with Gasteiger partial charge in [0.1, 0.15) is 5.82 Å². The number of benzene rings is 1. The number of hydrogen-bond acceptors (Lipinski definition) is 2. The number of imidazole rings is 1. The lowest BCUT2D eigenvalue weighted by Crippen LogP contribution is -2.37. The normalized spacial score (nSPS) is 19.9. The molecule has 0 bridgehead atoms. The second-order valence-corrected chi connectivity index (χ2v) is 5.63. The number of rotatable bonds is 1. The van der Waals surface area contributed by atoms with Crippen molar-refractivity contribution in [2.24, 2.45) is 5.73 Å². The number of hydrogen-bond donors (Lipinski definition) is 2. The fourth-order valence-corrected chi connectivity index (χ4v) is 3.01. The van der Waals surface area contributed by atoms with Crippen molar-refractivity contribution in [1.82, 2.24) is 9.97 Å². The van der Waals surface area contributed by atoms with Crippen LogP contribution in [0.5, 0.6) is 0 Å². The van der Waals surface area contributed by atoms with E-state index in [1.54, 1.807) is 0 Å². The lowest BCUT2D eigenvalue weighted by atomic mass is 9.91. The molecule has 1 aliphatic rings. The molecule has 0 amide bonds. The molecule has 3 N–H and O–H groups in total. The molecule has 1 aromatic heterocycles. The van der Waals surface area contributed by atoms with E-state index in [0.29, 0.717) is 0 Å². The number of H-pyrrole nitrogens is 1. The van der Waals surface area contributed by atoms with E-state index in [-0.39, 0.29) is 5.54 Å². The first-order valence-corrected chi connectivity index (χ1v) is 6.94. The van der Waals surface area contributed by atoms with Gasteiger partial charge in [0.2, 0.25) is 0 Å². The van der Waals surface area contributed by atoms with Gasteiger partial charge in [-0.3, -0.25) is 0 Å². The number of nitrogens with zero attached hydrogens (tertiary/aromatic N) is 1. The second kappa shape index (κ2) is 4.39. The van der Waals surface area contributed by atoms with Gasteiger partial charge in [-0.25, -0.2) is 4.98 Å². The van der Waals surface area contributed by atoms with Crippen molar-refractivity contribution < 1.29 is 0 Å². The molecule has 0 saturated heterocycles. The number of nitrogens with two attached hydrogens (primary N) is 1. The minimum Gasteiger partial charge on any atom is -0.340 e. The topological polar surface area (TPSA) is 54.7 Å². The Morgan fingerprint density at radius 1 is 1.17 bits per heavy atom. The van der Waals surface area contributed by atoms with Crippen molar-refractivity contribution in [2.75, 3.05) is 0 Å². The third-order valence-corrected chi connectivity index (χ3v) is 4.18. The Balaban J connectivity index is 2.05. The highest BCUT2D eigenvalue weighted by molar-refractivity contribution is 5.78. The zero-order valence-corrected chi connectivity index (χ0v) is 11.0. The maximum absolute atomic E-state index is 6.60. The Morgan fingerprint density at radius 2 is 1.89 bits per heavy atom. The van der Waals surface area contributed by atoms with Crippen molar-refractivity contribution in [1.29, 1.82) is 0 Å². The summed E-state index contributed by atoms with van der Waals surface area (Å²) in [5.41, 5.74) is 9.75. The largest absolute Gasteiger partial charge is 0.340 e. The first-order valence-electron chi connectivity index (χ1n) is 6.94. The SMILES string of the molecule is Cc1cccc2[nH]c(C3(N)CCCCCC3)nc12. The van der Waals surface area contributed by atoms with E-state index >= 15 is 0 Å². The molecule has 1 fully saturated rings. The Labute approximate surface area is 108 Å². The van der Waals surface area contributed by atoms with Crippen LogP contribution in [0.25, 0.3) is 11.0 Å². The number of para-hydroxylation sites is 1. The molecule has 3 nitrogen and oxygen atoms in total. The number of aryl methyl sites for hydroxylation is 1. The van der Waals surface area contributed by atoms with Gasteiger partial charge < -0.3 is 10.7 Å². The van der Waals surface area contributed by atoms with Gasteiger partial charge in [0, 0.05) is 0 Å². The first kappa shape index (κ1) is 11.7. The molecule has 3 rings (SSSR count). The molecule has 0 radical (unpaired) electrons. The molecule has 96 valence electrons. The zero-order valence-electron chi connectivity index (χ0n) is 11.0. The minimum absolute atomic E-state index is 0.248. The van der Waals surface area contributed by atoms with E-state index in [4.69, 9.17) is 10.7 Å². The van der Waals surface area contributed by atoms with Crippen molar-refractivity contribution in [3.63, 3.8) is 0 Å². The summed E-state index contributed by atoms with van der Waals surface area (Å²) in [5.74, 6) is 0.980. The summed E-state index contributed by atoms with van der Waals surface area (Å²) in [4.78, 5) is 8.21. The van der Waals surface area contributed by atoms with Crippen LogP contribution in [0, 0.1) is 6.92 Å². The van der Waals surface area contributed by atoms with Gasteiger partial charge in [0.25, 0.3) is 0 Å². The molecular formula is C15H21N3. The van der Waals surface area contributed by atoms with Gasteiger partial charge >= 0.3 is 0 Å². The summed E-state index contributed by atoms with van der Waals surface area (Å²) in [6.07, 6.45) is 7.13. The summed E-state index contributed by atoms with van der Waals surface area (Å²) in [7, 11) is 0. The van der Waals surface area contributed by atoms with Crippen LogP contribution in [0.15, 0.2) is 18.2 Å². The van der Waals surface area contributed by atoms with Crippen LogP contribution in [0.1, 0.15) is 49.9 Å². The predicted molar refractivity (Wildman–Crippen MR) is 74.4 cm³/mol. The van der Waals surface area contributed by atoms with Crippen LogP contribution >= 0.6 is 0 Å². The van der Waals surface area contributed by atoms with Crippen LogP contribution < -0.4 is 5.73 Å². The van der Waals surface area contributed by atoms with Gasteiger partial charge in [0.15, 0.2) is 0 Å². The average Bonchev–Trinajstić information content (AvgIpc) is 2.69. The quantitative estimate of drug-likeness (QED) is 0.754. The Bertz CT molecular complexity index is 548. The van der Waals surface area contributed by atoms with E-state index in [1.165, 1.54) is 31.2 Å². The number of aromatic nitrogens is 2. The Kier molecular flexibility index (Phi) is 2.86. The second-order valence-electron chi connectivity index (χ2n) is 5.63. The maximum Gasteiger partial charge on any atom is 0.127 e. The molecule has 0 atom stereocenters. The fraction of sp³-hybridized carbons (Fsp3) is 0.533. The molecule has 1 aromatic carbocycles. The summed E-state index contributed by atoms with van der Waals surface area (Å²) < 4.78 is 0. The third-order valence-electron chi connectivity index (χ3n) is 4.18. The molecule has 1 heterocycles. The number of fused-ring (bicyclic) bond motifs is 1. The highest BCUT2D eigenvalue weighted by Gasteiger charge is 2.31. The molecule has 18 heavy (non-hydrogen) atoms. The predicted octanol–water partition coefficient (Wildman–Crippen LogP) is 3.38. The van der Waals surface area contributed by atoms with Crippen molar-refractivity contribution in [3.05, 3.63) is 29.6 Å². The number of nitrogens with one attached hydrogen (secondary N) is 1. The molecule has 0 unspecified atom stereocenters. The lowest BCUT2D eigenvalue weighted by molar-refractivity contribution is 0.366. The molecule has 0 spiro atoms. The van der Waals surface area contributed by atoms with E-state index in [9.17, 15) is 0 Å². The Morgan fingerprint density at radius 3 is 2.56 bits per heavy atom. The van der Waals surface area contributed by atoms with Crippen molar-refractivity contribution >= 4 is 11.0 Å². The summed E-state index contributed by atoms with van der Waals surface area (Å²) in [5, 5.41) is 0. The minimum atomic E-state index is -0.248. The summed E-state index contributed by atoms with van der Waals surface area (Å²) in [6.45, 7) is 2.10. The standard InChI is InChI=1S/C15H21N3/c1-11-7-6-8-12-13(11)18-14(17-12)15(16)9-4-2-3-5-10-15/h6-8H,2-5,9-10,16H2,1H3,(H,17,18). The molecule has 3 heteroatoms. The monoisotopic (exact) mass is 243 g/mol. The van der Waals surface area contributed by atoms with Crippen molar-refractivity contribution in [2.45, 2.75) is 51.0 Å². The van der Waals surface area contributed by atoms with E-state index in [2.05, 4.69) is 30.1 Å². The van der Waals surface area contributed by atoms with Crippen LogP contribution in [-0.2, 0) is 5.54 Å². The van der Waals surface area contributed by atoms with E-state index in [0.717, 1.165) is 29.7 Å². The van der Waals surface area contributed by atoms with Gasteiger partial charge in [0.05, 0.1) is 16.6 Å². The van der Waals surface area contributed by atoms with Crippen LogP contribution in [-0.4, -0.2) is 9.97 Å². The van der Waals surface area contributed by atoms with Gasteiger partial charge in [-0.05, 0) is 31.4 Å². The highest BCUT2D eigenvalue weighted by Crippen LogP contribution is 2.33. The van der Waals surface area contributed by atoms with Gasteiger partial charge in [-0.15, -0.1) is 0 Å². The van der Waals surface area contributed by atoms with E-state index in [1.807, 2.05) is 0 Å². The van der Waals surface area contributed by atoms with Crippen LogP contribution in [0.2, 0.25) is 0 Å². The number of aromatic amines is 1. The van der Waals surface area contributed by atoms with Crippen LogP contribution in [0.4, 0.5) is 0 Å². The maximum atomic E-state index is 6.60. The molecule has 1 aliphatic carbocycles. The van der Waals surface area contributed by atoms with Crippen molar-refractivity contribution in [3.8, 4) is 0 Å².